The first kappa shape index (κ1) is 27.7. The maximum absolute atomic E-state index is 13.2. The zero-order valence-corrected chi connectivity index (χ0v) is 23.1. The number of benzene rings is 3. The van der Waals surface area contributed by atoms with Crippen molar-refractivity contribution in [3.05, 3.63) is 71.0 Å². The molecular formula is C26H25N3O8S2. The third kappa shape index (κ3) is 6.04. The second-order valence-corrected chi connectivity index (χ2v) is 10.7. The molecule has 4 rings (SSSR count). The van der Waals surface area contributed by atoms with Gasteiger partial charge in [0, 0.05) is 23.4 Å². The maximum Gasteiger partial charge on any atom is 0.325 e. The number of sulfonamides is 1. The molecule has 0 fully saturated rings. The molecule has 0 aliphatic heterocycles. The minimum atomic E-state index is -3.92. The van der Waals surface area contributed by atoms with Gasteiger partial charge in [-0.05, 0) is 42.5 Å². The van der Waals surface area contributed by atoms with E-state index in [0.29, 0.717) is 27.5 Å². The molecule has 0 saturated heterocycles. The van der Waals surface area contributed by atoms with Gasteiger partial charge in [0.2, 0.25) is 0 Å². The molecule has 4 aromatic rings. The van der Waals surface area contributed by atoms with Crippen LogP contribution in [0.3, 0.4) is 0 Å². The van der Waals surface area contributed by atoms with E-state index in [4.69, 9.17) is 18.9 Å². The summed E-state index contributed by atoms with van der Waals surface area (Å²) in [7, 11) is 1.83. The van der Waals surface area contributed by atoms with Gasteiger partial charge >= 0.3 is 5.97 Å². The monoisotopic (exact) mass is 571 g/mol. The Morgan fingerprint density at radius 2 is 1.62 bits per heavy atom. The standard InChI is InChI=1S/C26H25N3O8S2/c1-34-18-8-10-19(11-9-18)39(32,33)28-17-7-5-6-16(12-17)25(31)27-26-29(15-24(30)37-4)20-13-21(35-2)22(36-3)14-23(20)38-26/h5-14,28H,15H2,1-4H3. The summed E-state index contributed by atoms with van der Waals surface area (Å²) in [6.07, 6.45) is 0. The smallest absolute Gasteiger partial charge is 0.325 e. The van der Waals surface area contributed by atoms with Gasteiger partial charge in [0.25, 0.3) is 15.9 Å². The van der Waals surface area contributed by atoms with E-state index in [-0.39, 0.29) is 27.5 Å². The molecule has 0 atom stereocenters. The minimum absolute atomic E-state index is 0.0321. The van der Waals surface area contributed by atoms with E-state index in [1.165, 1.54) is 88.3 Å². The molecule has 0 aliphatic rings. The van der Waals surface area contributed by atoms with Gasteiger partial charge in [-0.15, -0.1) is 0 Å². The van der Waals surface area contributed by atoms with Crippen molar-refractivity contribution in [2.75, 3.05) is 33.2 Å². The highest BCUT2D eigenvalue weighted by Gasteiger charge is 2.18. The lowest BCUT2D eigenvalue weighted by Gasteiger charge is -2.09. The van der Waals surface area contributed by atoms with Gasteiger partial charge in [-0.1, -0.05) is 17.4 Å². The number of amides is 1. The number of carbonyl (C=O) groups excluding carboxylic acids is 2. The van der Waals surface area contributed by atoms with Crippen LogP contribution < -0.4 is 23.7 Å². The van der Waals surface area contributed by atoms with Crippen LogP contribution in [0.25, 0.3) is 10.2 Å². The van der Waals surface area contributed by atoms with E-state index in [1.807, 2.05) is 0 Å². The van der Waals surface area contributed by atoms with Gasteiger partial charge in [-0.3, -0.25) is 14.3 Å². The quantitative estimate of drug-likeness (QED) is 0.302. The Balaban J connectivity index is 1.71. The number of anilines is 1. The Labute approximate surface area is 228 Å². The predicted molar refractivity (Wildman–Crippen MR) is 145 cm³/mol. The molecule has 1 N–H and O–H groups in total. The van der Waals surface area contributed by atoms with Gasteiger partial charge in [0.05, 0.1) is 43.6 Å². The summed E-state index contributed by atoms with van der Waals surface area (Å²) in [5, 5.41) is 0. The van der Waals surface area contributed by atoms with Crippen LogP contribution in [0.1, 0.15) is 10.4 Å². The first-order chi connectivity index (χ1) is 18.7. The lowest BCUT2D eigenvalue weighted by atomic mass is 10.2. The van der Waals surface area contributed by atoms with E-state index in [1.54, 1.807) is 16.7 Å². The van der Waals surface area contributed by atoms with E-state index in [2.05, 4.69) is 9.71 Å². The largest absolute Gasteiger partial charge is 0.497 e. The number of esters is 1. The van der Waals surface area contributed by atoms with Crippen molar-refractivity contribution in [3.63, 3.8) is 0 Å². The molecule has 204 valence electrons. The molecule has 0 saturated carbocycles. The Morgan fingerprint density at radius 1 is 0.923 bits per heavy atom. The Kier molecular flexibility index (Phi) is 8.21. The van der Waals surface area contributed by atoms with Gasteiger partial charge < -0.3 is 23.5 Å². The third-order valence-corrected chi connectivity index (χ3v) is 8.07. The number of aromatic nitrogens is 1. The second kappa shape index (κ2) is 11.6. The normalized spacial score (nSPS) is 11.7. The van der Waals surface area contributed by atoms with E-state index in [0.717, 1.165) is 0 Å². The highest BCUT2D eigenvalue weighted by atomic mass is 32.2. The van der Waals surface area contributed by atoms with Crippen molar-refractivity contribution in [2.45, 2.75) is 11.4 Å². The maximum atomic E-state index is 13.2. The summed E-state index contributed by atoms with van der Waals surface area (Å²) in [6.45, 7) is -0.195. The second-order valence-electron chi connectivity index (χ2n) is 8.00. The minimum Gasteiger partial charge on any atom is -0.497 e. The Bertz CT molecular complexity index is 1710. The molecule has 0 aliphatic carbocycles. The van der Waals surface area contributed by atoms with E-state index >= 15 is 0 Å². The van der Waals surface area contributed by atoms with Crippen LogP contribution >= 0.6 is 11.3 Å². The molecule has 1 amide bonds. The van der Waals surface area contributed by atoms with Crippen LogP contribution in [-0.4, -0.2) is 53.3 Å². The molecule has 39 heavy (non-hydrogen) atoms. The van der Waals surface area contributed by atoms with Gasteiger partial charge in [0.15, 0.2) is 16.3 Å². The lowest BCUT2D eigenvalue weighted by Crippen LogP contribution is -2.22. The number of thiazole rings is 1. The fourth-order valence-electron chi connectivity index (χ4n) is 3.66. The van der Waals surface area contributed by atoms with Crippen molar-refractivity contribution >= 4 is 49.1 Å². The first-order valence-corrected chi connectivity index (χ1v) is 13.7. The first-order valence-electron chi connectivity index (χ1n) is 11.4. The average Bonchev–Trinajstić information content (AvgIpc) is 3.27. The molecule has 11 nitrogen and oxygen atoms in total. The molecule has 3 aromatic carbocycles. The number of carbonyl (C=O) groups is 2. The lowest BCUT2D eigenvalue weighted by molar-refractivity contribution is -0.141. The number of nitrogens with zero attached hydrogens (tertiary/aromatic N) is 2. The Hall–Kier alpha value is -4.36. The number of nitrogens with one attached hydrogen (secondary N) is 1. The van der Waals surface area contributed by atoms with Crippen molar-refractivity contribution in [1.82, 2.24) is 4.57 Å². The molecule has 0 radical (unpaired) electrons. The molecule has 13 heteroatoms. The van der Waals surface area contributed by atoms with Gasteiger partial charge in [-0.25, -0.2) is 8.42 Å². The zero-order valence-electron chi connectivity index (χ0n) is 21.5. The summed E-state index contributed by atoms with van der Waals surface area (Å²) >= 11 is 1.17. The number of methoxy groups -OCH3 is 4. The number of fused-ring (bicyclic) bond motifs is 1. The van der Waals surface area contributed by atoms with Crippen molar-refractivity contribution in [1.29, 1.82) is 0 Å². The highest BCUT2D eigenvalue weighted by molar-refractivity contribution is 7.92. The number of ether oxygens (including phenoxy) is 4. The summed E-state index contributed by atoms with van der Waals surface area (Å²) in [5.74, 6) is 0.269. The van der Waals surface area contributed by atoms with Gasteiger partial charge in [0.1, 0.15) is 12.3 Å². The topological polar surface area (TPSA) is 135 Å². The van der Waals surface area contributed by atoms with E-state index in [9.17, 15) is 18.0 Å². The molecular weight excluding hydrogens is 546 g/mol. The van der Waals surface area contributed by atoms with Gasteiger partial charge in [-0.2, -0.15) is 4.99 Å². The van der Waals surface area contributed by atoms with E-state index < -0.39 is 21.9 Å². The fraction of sp³-hybridized carbons (Fsp3) is 0.192. The Morgan fingerprint density at radius 3 is 2.26 bits per heavy atom. The summed E-state index contributed by atoms with van der Waals surface area (Å²) in [6, 6.07) is 15.3. The SMILES string of the molecule is COC(=O)Cn1c(=NC(=O)c2cccc(NS(=O)(=O)c3ccc(OC)cc3)c2)sc2cc(OC)c(OC)cc21. The summed E-state index contributed by atoms with van der Waals surface area (Å²) in [5.41, 5.74) is 0.915. The molecule has 1 aromatic heterocycles. The average molecular weight is 572 g/mol. The highest BCUT2D eigenvalue weighted by Crippen LogP contribution is 2.33. The van der Waals surface area contributed by atoms with Crippen LogP contribution in [0.5, 0.6) is 17.2 Å². The van der Waals surface area contributed by atoms with Crippen LogP contribution in [0.4, 0.5) is 5.69 Å². The number of hydrogen-bond acceptors (Lipinski definition) is 9. The van der Waals surface area contributed by atoms with Crippen LogP contribution in [-0.2, 0) is 26.1 Å². The van der Waals surface area contributed by atoms with Crippen LogP contribution in [0.15, 0.2) is 70.6 Å². The molecule has 0 spiro atoms. The van der Waals surface area contributed by atoms with Crippen molar-refractivity contribution in [3.8, 4) is 17.2 Å². The van der Waals surface area contributed by atoms with Crippen molar-refractivity contribution in [2.24, 2.45) is 4.99 Å². The number of rotatable bonds is 9. The third-order valence-electron chi connectivity index (χ3n) is 5.63. The molecule has 0 bridgehead atoms. The summed E-state index contributed by atoms with van der Waals surface area (Å²) in [4.78, 5) is 29.8. The van der Waals surface area contributed by atoms with Crippen molar-refractivity contribution < 1.29 is 37.0 Å². The molecule has 0 unspecified atom stereocenters. The number of hydrogen-bond donors (Lipinski definition) is 1. The predicted octanol–water partition coefficient (Wildman–Crippen LogP) is 3.44. The summed E-state index contributed by atoms with van der Waals surface area (Å²) < 4.78 is 51.0. The molecule has 1 heterocycles. The fourth-order valence-corrected chi connectivity index (χ4v) is 5.75. The van der Waals surface area contributed by atoms with Crippen LogP contribution in [0, 0.1) is 0 Å². The van der Waals surface area contributed by atoms with Crippen LogP contribution in [0.2, 0.25) is 0 Å². The zero-order chi connectivity index (χ0) is 28.2.